The van der Waals surface area contributed by atoms with Crippen molar-refractivity contribution in [3.05, 3.63) is 151 Å². The normalized spacial score (nSPS) is 15.1. The first kappa shape index (κ1) is 107. The monoisotopic (exact) mass is 2060 g/mol. The second-order valence-electron chi connectivity index (χ2n) is 34.6. The van der Waals surface area contributed by atoms with Gasteiger partial charge in [-0.25, -0.2) is 59.8 Å². The summed E-state index contributed by atoms with van der Waals surface area (Å²) in [5.41, 5.74) is 45.3. The van der Waals surface area contributed by atoms with Gasteiger partial charge in [0.25, 0.3) is 0 Å². The number of piperidine rings is 1. The van der Waals surface area contributed by atoms with E-state index in [1.54, 1.807) is 122 Å². The lowest BCUT2D eigenvalue weighted by atomic mass is 10.1. The van der Waals surface area contributed by atoms with Crippen LogP contribution in [0.5, 0.6) is 46.0 Å². The van der Waals surface area contributed by atoms with Crippen molar-refractivity contribution in [3.63, 3.8) is 0 Å². The van der Waals surface area contributed by atoms with E-state index in [4.69, 9.17) is 92.2 Å². The maximum absolute atomic E-state index is 6.18. The van der Waals surface area contributed by atoms with Crippen molar-refractivity contribution in [2.24, 2.45) is 0 Å². The number of rotatable bonds is 42. The van der Waals surface area contributed by atoms with Crippen LogP contribution in [-0.2, 0) is 25.7 Å². The Bertz CT molecular complexity index is 5890. The van der Waals surface area contributed by atoms with E-state index in [-0.39, 0.29) is 21.0 Å². The number of likely N-dealkylation sites (N-methyl/N-ethyl adjacent to an activating group) is 1. The molecule has 0 aliphatic carbocycles. The smallest absolute Gasteiger partial charge is 0.192 e. The van der Waals surface area contributed by atoms with E-state index in [2.05, 4.69) is 151 Å². The lowest BCUT2D eigenvalue weighted by Gasteiger charge is -2.32. The van der Waals surface area contributed by atoms with Crippen LogP contribution in [0.2, 0.25) is 0 Å². The van der Waals surface area contributed by atoms with E-state index < -0.39 is 0 Å². The third-order valence-corrected chi connectivity index (χ3v) is 32.6. The molecule has 752 valence electrons. The predicted octanol–water partition coefficient (Wildman–Crippen LogP) is 20.0. The molecule has 12 aromatic rings. The number of aromatic nitrogens is 12. The molecule has 0 unspecified atom stereocenters. The first-order valence-corrected chi connectivity index (χ1v) is 55.0. The highest BCUT2D eigenvalue weighted by atomic mass is 32.2. The Kier molecular flexibility index (Phi) is 41.0. The molecule has 0 saturated carbocycles. The minimum atomic E-state index is 0.0451. The van der Waals surface area contributed by atoms with Gasteiger partial charge in [0.05, 0.1) is 72.2 Å². The minimum absolute atomic E-state index is 0.0451. The number of hydrogen-bond donors (Lipinski definition) is 6. The molecule has 140 heavy (non-hydrogen) atoms. The Balaban J connectivity index is 0.000000157. The van der Waals surface area contributed by atoms with Gasteiger partial charge >= 0.3 is 0 Å². The molecule has 4 aliphatic heterocycles. The highest BCUT2D eigenvalue weighted by Gasteiger charge is 2.29. The number of likely N-dealkylation sites (tertiary alicyclic amines) is 3. The van der Waals surface area contributed by atoms with Gasteiger partial charge in [-0.1, -0.05) is 94.0 Å². The molecule has 4 saturated heterocycles. The number of ether oxygens (including phenoxy) is 8. The summed E-state index contributed by atoms with van der Waals surface area (Å²) < 4.78 is 46.9. The number of nitrogens with two attached hydrogens (primary N) is 6. The largest absolute Gasteiger partial charge is 0.493 e. The molecule has 0 spiro atoms. The molecule has 16 rings (SSSR count). The van der Waals surface area contributed by atoms with Crippen molar-refractivity contribution in [2.45, 2.75) is 188 Å². The van der Waals surface area contributed by atoms with Crippen LogP contribution in [0.4, 0.5) is 34.9 Å². The fourth-order valence-electron chi connectivity index (χ4n) is 16.4. The number of nitrogens with zero attached hydrogens (tertiary/aromatic N) is 17. The Morgan fingerprint density at radius 1 is 0.307 bits per heavy atom. The second-order valence-corrected chi connectivity index (χ2v) is 44.2. The second kappa shape index (κ2) is 53.5. The number of thioether (sulfide) groups is 4. The topological polar surface area (TPSA) is 401 Å². The van der Waals surface area contributed by atoms with Crippen LogP contribution in [0.15, 0.2) is 118 Å². The van der Waals surface area contributed by atoms with Crippen LogP contribution in [-0.4, -0.2) is 238 Å². The first-order valence-electron chi connectivity index (χ1n) is 48.3. The van der Waals surface area contributed by atoms with Gasteiger partial charge in [-0.15, -0.1) is 45.3 Å². The quantitative estimate of drug-likeness (QED) is 0.0153. The summed E-state index contributed by atoms with van der Waals surface area (Å²) in [5.74, 6) is 8.44. The maximum Gasteiger partial charge on any atom is 0.192 e. The zero-order valence-corrected chi connectivity index (χ0v) is 89.9. The average Bonchev–Trinajstić information content (AvgIpc) is 1.60. The first-order chi connectivity index (χ1) is 67.7. The van der Waals surface area contributed by atoms with Crippen LogP contribution in [0, 0.1) is 13.8 Å². The third kappa shape index (κ3) is 30.8. The molecule has 12 N–H and O–H groups in total. The molecule has 0 radical (unpaired) electrons. The van der Waals surface area contributed by atoms with Gasteiger partial charge in [-0.2, -0.15) is 0 Å². The lowest BCUT2D eigenvalue weighted by molar-refractivity contribution is 0.133. The van der Waals surface area contributed by atoms with Gasteiger partial charge in [0.2, 0.25) is 0 Å². The van der Waals surface area contributed by atoms with Gasteiger partial charge < -0.3 is 77.2 Å². The number of nitrogen functional groups attached to an aromatic ring is 6. The third-order valence-electron chi connectivity index (χ3n) is 23.9. The van der Waals surface area contributed by atoms with Crippen molar-refractivity contribution in [1.82, 2.24) is 84.3 Å². The van der Waals surface area contributed by atoms with Crippen molar-refractivity contribution in [3.8, 4) is 88.3 Å². The molecule has 4 fully saturated rings. The summed E-state index contributed by atoms with van der Waals surface area (Å²) in [6.45, 7) is 38.7. The number of piperazine rings is 1. The molecule has 31 nitrogen and oxygen atoms in total. The zero-order chi connectivity index (χ0) is 99.3. The predicted molar refractivity (Wildman–Crippen MR) is 577 cm³/mol. The number of methoxy groups -OCH3 is 4. The Morgan fingerprint density at radius 3 is 0.829 bits per heavy atom. The molecule has 0 bridgehead atoms. The molecule has 4 atom stereocenters. The van der Waals surface area contributed by atoms with Crippen LogP contribution >= 0.6 is 92.4 Å². The molecule has 0 amide bonds. The van der Waals surface area contributed by atoms with E-state index >= 15 is 0 Å². The van der Waals surface area contributed by atoms with E-state index in [1.165, 1.54) is 108 Å². The summed E-state index contributed by atoms with van der Waals surface area (Å²) >= 11 is 13.1. The molecular formula is C101H137N23O8S8. The fraction of sp³-hybridized carbons (Fsp3) is 0.485. The lowest BCUT2D eigenvalue weighted by Crippen LogP contribution is -2.45. The van der Waals surface area contributed by atoms with Crippen LogP contribution in [0.3, 0.4) is 0 Å². The molecule has 8 aromatic heterocycles. The number of thiazole rings is 4. The van der Waals surface area contributed by atoms with E-state index in [0.29, 0.717) is 82.0 Å². The summed E-state index contributed by atoms with van der Waals surface area (Å²) in [4.78, 5) is 72.5. The fourth-order valence-corrected chi connectivity index (χ4v) is 25.2. The highest BCUT2D eigenvalue weighted by molar-refractivity contribution is 8.00. The van der Waals surface area contributed by atoms with Gasteiger partial charge in [0.1, 0.15) is 81.4 Å². The molecule has 39 heteroatoms. The minimum Gasteiger partial charge on any atom is -0.493 e. The number of aryl methyl sites for hydroxylation is 6. The van der Waals surface area contributed by atoms with Crippen molar-refractivity contribution < 1.29 is 37.9 Å². The van der Waals surface area contributed by atoms with Crippen molar-refractivity contribution in [1.29, 1.82) is 0 Å². The SMILES string of the molecule is CCCc1sc(-c2ccc(OC)c(OCCN3CCC3)c2)nc1[C@H](C)Sc1nc(C)cc(N)n1.CCCc1sc(-c2ccc(OC)c(OCCN3CCCC3)c2)nc1[C@H](C)Sc1nc(C)cc(N)n1.CCc1sc(-c2ccc(OC)c(OCCN3CCCCC3)c2)nc1[C@H](C)Sc1nc(N)cc(N)n1.CCc1sc(-c2ccc(OC)c(OCCN3CCN(C)CC3)c2)nc1[C@H](C)Sc1nc(N)cc(N)n1. The van der Waals surface area contributed by atoms with E-state index in [0.717, 1.165) is 226 Å². The van der Waals surface area contributed by atoms with Crippen LogP contribution < -0.4 is 72.3 Å². The van der Waals surface area contributed by atoms with Gasteiger partial charge in [0, 0.05) is 130 Å². The summed E-state index contributed by atoms with van der Waals surface area (Å²) in [7, 11) is 8.87. The number of hydrogen-bond acceptors (Lipinski definition) is 39. The maximum atomic E-state index is 6.18. The average molecular weight is 2060 g/mol. The van der Waals surface area contributed by atoms with E-state index in [9.17, 15) is 0 Å². The highest BCUT2D eigenvalue weighted by Crippen LogP contribution is 2.48. The standard InChI is InChI=1S/C26H35N5O2S2.C25H35N7O2S2.C25H34N6O2S2.C25H33N5O2S2/c1-5-8-22-24(18(3)34-26-28-17(2)15-23(27)29-26)30-25(35-22)19-9-10-20(32-4)21(16-19)33-14-13-31-11-6-7-12-31;1-5-20-23(16(2)35-25-28-21(26)15-22(27)29-25)30-24(36-20)17-6-7-18(33-4)19(14-17)34-13-12-32-10-8-31(3)9-11-32;1-4-20-23(16(2)34-25-28-21(26)15-22(27)29-25)30-24(35-20)17-8-9-18(32-3)19(14-17)33-13-12-31-10-6-5-7-11-31;1-5-7-21-23(17(3)33-25-27-16(2)14-22(26)28-25)29-24(34-21)18-8-9-19(31-4)20(15-18)32-13-12-30-10-6-11-30/h9-10,15-16,18H,5-8,11-14H2,1-4H3,(H2,27,28,29);6-7,14-16H,5,8-13H2,1-4H3,(H4,26,27,28,29);8-9,14-16H,4-7,10-13H2,1-3H3,(H4,26,27,28,29);8-9,14-15,17H,5-7,10-13H2,1-4H3,(H2,26,27,28)/t18-;2*16-;17-/m0000/s1. The summed E-state index contributed by atoms with van der Waals surface area (Å²) in [6.07, 6.45) is 13.6. The Morgan fingerprint density at radius 2 is 0.564 bits per heavy atom. The molecule has 4 aromatic carbocycles. The van der Waals surface area contributed by atoms with Gasteiger partial charge in [-0.05, 0) is 218 Å². The van der Waals surface area contributed by atoms with Crippen LogP contribution in [0.1, 0.15) is 181 Å². The van der Waals surface area contributed by atoms with Gasteiger partial charge in [0.15, 0.2) is 66.6 Å². The van der Waals surface area contributed by atoms with E-state index in [1.807, 2.05) is 62.4 Å². The summed E-state index contributed by atoms with van der Waals surface area (Å²) in [6, 6.07) is 30.9. The molecule has 12 heterocycles. The zero-order valence-electron chi connectivity index (χ0n) is 83.4. The molecule has 4 aliphatic rings. The number of benzene rings is 4. The summed E-state index contributed by atoms with van der Waals surface area (Å²) in [5, 5.41) is 6.69. The molecular weight excluding hydrogens is 1920 g/mol. The number of anilines is 6. The van der Waals surface area contributed by atoms with Crippen LogP contribution in [0.25, 0.3) is 42.3 Å². The van der Waals surface area contributed by atoms with Gasteiger partial charge in [-0.3, -0.25) is 19.6 Å². The van der Waals surface area contributed by atoms with Crippen molar-refractivity contribution in [2.75, 3.05) is 188 Å². The Labute approximate surface area is 857 Å². The Hall–Kier alpha value is -9.88. The van der Waals surface area contributed by atoms with Crippen molar-refractivity contribution >= 4 is 127 Å².